The van der Waals surface area contributed by atoms with Gasteiger partial charge in [0.05, 0.1) is 10.9 Å². The number of aryl methyl sites for hydroxylation is 1. The van der Waals surface area contributed by atoms with Gasteiger partial charge in [-0.05, 0) is 31.5 Å². The average molecular weight is 325 g/mol. The number of thiocarbonyl (C=S) groups is 1. The molecule has 0 bridgehead atoms. The van der Waals surface area contributed by atoms with Gasteiger partial charge < -0.3 is 5.73 Å². The zero-order chi connectivity index (χ0) is 15.6. The maximum atomic E-state index is 12.3. The summed E-state index contributed by atoms with van der Waals surface area (Å²) in [6, 6.07) is 4.08. The highest BCUT2D eigenvalue weighted by atomic mass is 32.2. The van der Waals surface area contributed by atoms with Gasteiger partial charge in [-0.1, -0.05) is 18.3 Å². The fraction of sp³-hybridized carbons (Fsp3) is 0.250. The number of aromatic amines is 1. The Kier molecular flexibility index (Phi) is 4.35. The van der Waals surface area contributed by atoms with Crippen LogP contribution >= 0.6 is 12.2 Å². The molecule has 112 valence electrons. The summed E-state index contributed by atoms with van der Waals surface area (Å²) in [5.74, 6) is 0.440. The highest BCUT2D eigenvalue weighted by Gasteiger charge is 2.20. The first-order valence-corrected chi connectivity index (χ1v) is 7.98. The molecule has 2 rings (SSSR count). The molecular formula is C12H15N5O2S2. The molecule has 0 aliphatic carbocycles. The molecule has 0 saturated heterocycles. The number of nitrogens with zero attached hydrogens (tertiary/aromatic N) is 2. The van der Waals surface area contributed by atoms with E-state index in [1.54, 1.807) is 19.9 Å². The minimum absolute atomic E-state index is 0.145. The second-order valence-corrected chi connectivity index (χ2v) is 6.71. The van der Waals surface area contributed by atoms with E-state index in [1.165, 1.54) is 18.5 Å². The lowest BCUT2D eigenvalue weighted by molar-refractivity contribution is 0.560. The quantitative estimate of drug-likeness (QED) is 0.700. The van der Waals surface area contributed by atoms with Crippen LogP contribution in [0, 0.1) is 6.92 Å². The molecule has 21 heavy (non-hydrogen) atoms. The topological polar surface area (TPSA) is 114 Å². The molecule has 0 spiro atoms. The SMILES string of the molecule is Cc1cc(S(=O)(=O)NC(C)c2ncn[nH]2)ccc1C(N)=S. The Labute approximate surface area is 128 Å². The fourth-order valence-corrected chi connectivity index (χ4v) is 3.38. The summed E-state index contributed by atoms with van der Waals surface area (Å²) < 4.78 is 27.2. The molecule has 9 heteroatoms. The third-order valence-corrected chi connectivity index (χ3v) is 4.71. The van der Waals surface area contributed by atoms with Crippen molar-refractivity contribution in [2.45, 2.75) is 24.8 Å². The van der Waals surface area contributed by atoms with E-state index in [0.717, 1.165) is 0 Å². The summed E-state index contributed by atoms with van der Waals surface area (Å²) in [4.78, 5) is 4.30. The molecule has 0 saturated carbocycles. The number of nitrogens with two attached hydrogens (primary N) is 1. The van der Waals surface area contributed by atoms with Crippen LogP contribution in [0.1, 0.15) is 29.9 Å². The molecule has 1 aromatic heterocycles. The second kappa shape index (κ2) is 5.88. The van der Waals surface area contributed by atoms with E-state index in [-0.39, 0.29) is 9.88 Å². The van der Waals surface area contributed by atoms with E-state index >= 15 is 0 Å². The third-order valence-electron chi connectivity index (χ3n) is 2.95. The highest BCUT2D eigenvalue weighted by Crippen LogP contribution is 2.17. The van der Waals surface area contributed by atoms with Crippen LogP contribution in [0.25, 0.3) is 0 Å². The molecule has 0 aliphatic rings. The summed E-state index contributed by atoms with van der Waals surface area (Å²) in [6.07, 6.45) is 1.32. The van der Waals surface area contributed by atoms with Gasteiger partial charge in [-0.25, -0.2) is 18.1 Å². The van der Waals surface area contributed by atoms with E-state index in [9.17, 15) is 8.42 Å². The van der Waals surface area contributed by atoms with Gasteiger partial charge >= 0.3 is 0 Å². The standard InChI is InChI=1S/C12H15N5O2S2/c1-7-5-9(3-4-10(7)11(13)20)21(18,19)17-8(2)12-14-6-15-16-12/h3-6,8,17H,1-2H3,(H2,13,20)(H,14,15,16). The molecule has 1 heterocycles. The van der Waals surface area contributed by atoms with Gasteiger partial charge in [0.1, 0.15) is 17.1 Å². The van der Waals surface area contributed by atoms with Gasteiger partial charge in [-0.15, -0.1) is 0 Å². The van der Waals surface area contributed by atoms with Gasteiger partial charge in [0.25, 0.3) is 0 Å². The van der Waals surface area contributed by atoms with Gasteiger partial charge in [-0.2, -0.15) is 5.10 Å². The zero-order valence-corrected chi connectivity index (χ0v) is 13.1. The molecular weight excluding hydrogens is 310 g/mol. The number of hydrogen-bond donors (Lipinski definition) is 3. The maximum absolute atomic E-state index is 12.3. The molecule has 0 radical (unpaired) electrons. The second-order valence-electron chi connectivity index (χ2n) is 4.55. The van der Waals surface area contributed by atoms with Crippen LogP contribution in [0.2, 0.25) is 0 Å². The fourth-order valence-electron chi connectivity index (χ4n) is 1.86. The summed E-state index contributed by atoms with van der Waals surface area (Å²) in [5.41, 5.74) is 6.93. The van der Waals surface area contributed by atoms with Crippen LogP contribution in [-0.4, -0.2) is 28.6 Å². The summed E-state index contributed by atoms with van der Waals surface area (Å²) in [6.45, 7) is 3.43. The van der Waals surface area contributed by atoms with Gasteiger partial charge in [0, 0.05) is 5.56 Å². The minimum atomic E-state index is -3.67. The van der Waals surface area contributed by atoms with Crippen molar-refractivity contribution in [2.24, 2.45) is 5.73 Å². The van der Waals surface area contributed by atoms with Crippen molar-refractivity contribution in [3.05, 3.63) is 41.5 Å². The largest absolute Gasteiger partial charge is 0.389 e. The van der Waals surface area contributed by atoms with Crippen LogP contribution in [-0.2, 0) is 10.0 Å². The lowest BCUT2D eigenvalue weighted by Gasteiger charge is -2.13. The number of hydrogen-bond acceptors (Lipinski definition) is 5. The van der Waals surface area contributed by atoms with Crippen LogP contribution in [0.3, 0.4) is 0 Å². The van der Waals surface area contributed by atoms with Crippen molar-refractivity contribution >= 4 is 27.2 Å². The van der Waals surface area contributed by atoms with E-state index < -0.39 is 16.1 Å². The minimum Gasteiger partial charge on any atom is -0.389 e. The zero-order valence-electron chi connectivity index (χ0n) is 11.5. The van der Waals surface area contributed by atoms with Gasteiger partial charge in [0.15, 0.2) is 0 Å². The molecule has 0 amide bonds. The van der Waals surface area contributed by atoms with Crippen molar-refractivity contribution in [2.75, 3.05) is 0 Å². The molecule has 2 aromatic rings. The molecule has 1 atom stereocenters. The Bertz CT molecular complexity index is 756. The van der Waals surface area contributed by atoms with Crippen molar-refractivity contribution in [3.63, 3.8) is 0 Å². The molecule has 0 aliphatic heterocycles. The number of rotatable bonds is 5. The molecule has 7 nitrogen and oxygen atoms in total. The molecule has 1 unspecified atom stereocenters. The monoisotopic (exact) mass is 325 g/mol. The number of sulfonamides is 1. The maximum Gasteiger partial charge on any atom is 0.241 e. The Balaban J connectivity index is 2.28. The van der Waals surface area contributed by atoms with Crippen LogP contribution in [0.5, 0.6) is 0 Å². The van der Waals surface area contributed by atoms with E-state index in [2.05, 4.69) is 19.9 Å². The van der Waals surface area contributed by atoms with E-state index in [0.29, 0.717) is 17.0 Å². The first kappa shape index (κ1) is 15.5. The van der Waals surface area contributed by atoms with E-state index in [1.807, 2.05) is 0 Å². The predicted octanol–water partition coefficient (Wildman–Crippen LogP) is 0.787. The van der Waals surface area contributed by atoms with Crippen molar-refractivity contribution in [1.29, 1.82) is 0 Å². The van der Waals surface area contributed by atoms with Crippen LogP contribution < -0.4 is 10.5 Å². The van der Waals surface area contributed by atoms with Gasteiger partial charge in [0.2, 0.25) is 10.0 Å². The Morgan fingerprint density at radius 1 is 1.48 bits per heavy atom. The van der Waals surface area contributed by atoms with E-state index in [4.69, 9.17) is 18.0 Å². The molecule has 0 fully saturated rings. The number of nitrogens with one attached hydrogen (secondary N) is 2. The lowest BCUT2D eigenvalue weighted by Crippen LogP contribution is -2.27. The van der Waals surface area contributed by atoms with Crippen LogP contribution in [0.4, 0.5) is 0 Å². The normalized spacial score (nSPS) is 13.0. The Morgan fingerprint density at radius 2 is 2.19 bits per heavy atom. The molecule has 4 N–H and O–H groups in total. The number of aromatic nitrogens is 3. The summed E-state index contributed by atoms with van der Waals surface area (Å²) >= 11 is 4.90. The third kappa shape index (κ3) is 3.43. The number of H-pyrrole nitrogens is 1. The Hall–Kier alpha value is -1.84. The first-order chi connectivity index (χ1) is 9.81. The van der Waals surface area contributed by atoms with Crippen molar-refractivity contribution in [3.8, 4) is 0 Å². The Morgan fingerprint density at radius 3 is 2.71 bits per heavy atom. The highest BCUT2D eigenvalue weighted by molar-refractivity contribution is 7.89. The van der Waals surface area contributed by atoms with Crippen molar-refractivity contribution in [1.82, 2.24) is 19.9 Å². The van der Waals surface area contributed by atoms with Crippen molar-refractivity contribution < 1.29 is 8.42 Å². The molecule has 1 aromatic carbocycles. The summed E-state index contributed by atoms with van der Waals surface area (Å²) in [5, 5.41) is 6.32. The smallest absolute Gasteiger partial charge is 0.241 e. The summed E-state index contributed by atoms with van der Waals surface area (Å²) in [7, 11) is -3.67. The van der Waals surface area contributed by atoms with Crippen LogP contribution in [0.15, 0.2) is 29.4 Å². The first-order valence-electron chi connectivity index (χ1n) is 6.09. The number of benzene rings is 1. The predicted molar refractivity (Wildman–Crippen MR) is 82.2 cm³/mol. The van der Waals surface area contributed by atoms with Gasteiger partial charge in [-0.3, -0.25) is 5.10 Å². The average Bonchev–Trinajstić information content (AvgIpc) is 2.91. The lowest BCUT2D eigenvalue weighted by atomic mass is 10.1.